The SMILES string of the molecule is COc1ccccc1CCNC(=O)NCCOc1ccccc1C(C)C. The minimum Gasteiger partial charge on any atom is -0.496 e. The number of hydrogen-bond donors (Lipinski definition) is 2. The standard InChI is InChI=1S/C21H28N2O3/c1-16(2)18-9-5-7-11-20(18)26-15-14-23-21(24)22-13-12-17-8-4-6-10-19(17)25-3/h4-11,16H,12-15H2,1-3H3,(H2,22,23,24). The number of urea groups is 1. The van der Waals surface area contributed by atoms with Crippen LogP contribution in [0.15, 0.2) is 48.5 Å². The molecule has 2 aromatic rings. The lowest BCUT2D eigenvalue weighted by atomic mass is 10.0. The molecule has 0 atom stereocenters. The van der Waals surface area contributed by atoms with Crippen molar-refractivity contribution in [2.45, 2.75) is 26.2 Å². The molecular weight excluding hydrogens is 328 g/mol. The smallest absolute Gasteiger partial charge is 0.314 e. The van der Waals surface area contributed by atoms with E-state index in [-0.39, 0.29) is 6.03 Å². The summed E-state index contributed by atoms with van der Waals surface area (Å²) >= 11 is 0. The largest absolute Gasteiger partial charge is 0.496 e. The molecule has 0 aliphatic rings. The minimum atomic E-state index is -0.194. The van der Waals surface area contributed by atoms with Crippen LogP contribution in [0.1, 0.15) is 30.9 Å². The number of nitrogens with one attached hydrogen (secondary N) is 2. The van der Waals surface area contributed by atoms with E-state index >= 15 is 0 Å². The topological polar surface area (TPSA) is 59.6 Å². The maximum Gasteiger partial charge on any atom is 0.314 e. The first-order chi connectivity index (χ1) is 12.6. The Morgan fingerprint density at radius 2 is 1.62 bits per heavy atom. The van der Waals surface area contributed by atoms with Crippen LogP contribution in [0.5, 0.6) is 11.5 Å². The van der Waals surface area contributed by atoms with Crippen LogP contribution in [0.3, 0.4) is 0 Å². The lowest BCUT2D eigenvalue weighted by Gasteiger charge is -2.14. The fourth-order valence-corrected chi connectivity index (χ4v) is 2.70. The van der Waals surface area contributed by atoms with Crippen LogP contribution in [-0.2, 0) is 6.42 Å². The fourth-order valence-electron chi connectivity index (χ4n) is 2.70. The Morgan fingerprint density at radius 3 is 2.35 bits per heavy atom. The molecule has 5 heteroatoms. The maximum absolute atomic E-state index is 11.9. The second-order valence-corrected chi connectivity index (χ2v) is 6.29. The molecule has 2 N–H and O–H groups in total. The molecule has 0 bridgehead atoms. The van der Waals surface area contributed by atoms with Crippen LogP contribution in [-0.4, -0.2) is 32.8 Å². The zero-order valence-electron chi connectivity index (χ0n) is 15.7. The van der Waals surface area contributed by atoms with Gasteiger partial charge < -0.3 is 20.1 Å². The predicted octanol–water partition coefficient (Wildman–Crippen LogP) is 3.74. The van der Waals surface area contributed by atoms with Crippen molar-refractivity contribution in [3.63, 3.8) is 0 Å². The highest BCUT2D eigenvalue weighted by Crippen LogP contribution is 2.25. The second kappa shape index (κ2) is 10.3. The lowest BCUT2D eigenvalue weighted by Crippen LogP contribution is -2.38. The molecule has 0 saturated heterocycles. The molecule has 0 aliphatic carbocycles. The van der Waals surface area contributed by atoms with Gasteiger partial charge in [-0.25, -0.2) is 4.79 Å². The molecule has 0 spiro atoms. The molecule has 26 heavy (non-hydrogen) atoms. The summed E-state index contributed by atoms with van der Waals surface area (Å²) in [5.74, 6) is 2.12. The van der Waals surface area contributed by atoms with E-state index in [0.717, 1.165) is 23.5 Å². The maximum atomic E-state index is 11.9. The van der Waals surface area contributed by atoms with E-state index in [9.17, 15) is 4.79 Å². The van der Waals surface area contributed by atoms with Crippen molar-refractivity contribution < 1.29 is 14.3 Å². The van der Waals surface area contributed by atoms with Gasteiger partial charge in [0.1, 0.15) is 18.1 Å². The number of amides is 2. The fraction of sp³-hybridized carbons (Fsp3) is 0.381. The van der Waals surface area contributed by atoms with Crippen LogP contribution in [0, 0.1) is 0 Å². The quantitative estimate of drug-likeness (QED) is 0.673. The third-order valence-electron chi connectivity index (χ3n) is 4.06. The summed E-state index contributed by atoms with van der Waals surface area (Å²) < 4.78 is 11.1. The van der Waals surface area contributed by atoms with Gasteiger partial charge in [-0.2, -0.15) is 0 Å². The first kappa shape index (κ1) is 19.6. The van der Waals surface area contributed by atoms with Crippen LogP contribution in [0.25, 0.3) is 0 Å². The Bertz CT molecular complexity index is 701. The number of benzene rings is 2. The summed E-state index contributed by atoms with van der Waals surface area (Å²) in [7, 11) is 1.65. The van der Waals surface area contributed by atoms with Crippen LogP contribution in [0.4, 0.5) is 4.79 Å². The molecule has 0 saturated carbocycles. The minimum absolute atomic E-state index is 0.194. The van der Waals surface area contributed by atoms with E-state index in [2.05, 4.69) is 30.5 Å². The van der Waals surface area contributed by atoms with Gasteiger partial charge in [0.05, 0.1) is 13.7 Å². The first-order valence-corrected chi connectivity index (χ1v) is 8.97. The first-order valence-electron chi connectivity index (χ1n) is 8.97. The van der Waals surface area contributed by atoms with E-state index < -0.39 is 0 Å². The van der Waals surface area contributed by atoms with E-state index in [1.165, 1.54) is 5.56 Å². The summed E-state index contributed by atoms with van der Waals surface area (Å²) in [5, 5.41) is 5.66. The Hall–Kier alpha value is -2.69. The normalized spacial score (nSPS) is 10.5. The highest BCUT2D eigenvalue weighted by molar-refractivity contribution is 5.73. The molecule has 140 valence electrons. The summed E-state index contributed by atoms with van der Waals surface area (Å²) in [4.78, 5) is 11.9. The lowest BCUT2D eigenvalue weighted by molar-refractivity contribution is 0.236. The van der Waals surface area contributed by atoms with Gasteiger partial charge in [0.25, 0.3) is 0 Å². The summed E-state index contributed by atoms with van der Waals surface area (Å²) in [5.41, 5.74) is 2.25. The van der Waals surface area contributed by atoms with Gasteiger partial charge in [-0.15, -0.1) is 0 Å². The van der Waals surface area contributed by atoms with Crippen LogP contribution < -0.4 is 20.1 Å². The molecule has 0 unspecified atom stereocenters. The van der Waals surface area contributed by atoms with Gasteiger partial charge in [0.2, 0.25) is 0 Å². The van der Waals surface area contributed by atoms with Crippen molar-refractivity contribution in [2.24, 2.45) is 0 Å². The van der Waals surface area contributed by atoms with Gasteiger partial charge >= 0.3 is 6.03 Å². The van der Waals surface area contributed by atoms with Crippen LogP contribution >= 0.6 is 0 Å². The average Bonchev–Trinajstić information content (AvgIpc) is 2.66. The molecule has 5 nitrogen and oxygen atoms in total. The number of ether oxygens (including phenoxy) is 2. The molecule has 2 amide bonds. The molecule has 0 aromatic heterocycles. The third kappa shape index (κ3) is 5.99. The number of hydrogen-bond acceptors (Lipinski definition) is 3. The molecule has 0 aliphatic heterocycles. The zero-order valence-corrected chi connectivity index (χ0v) is 15.7. The number of rotatable bonds is 9. The molecule has 2 rings (SSSR count). The predicted molar refractivity (Wildman–Crippen MR) is 104 cm³/mol. The highest BCUT2D eigenvalue weighted by Gasteiger charge is 2.07. The highest BCUT2D eigenvalue weighted by atomic mass is 16.5. The van der Waals surface area contributed by atoms with Crippen molar-refractivity contribution in [3.8, 4) is 11.5 Å². The van der Waals surface area contributed by atoms with Gasteiger partial charge in [0, 0.05) is 6.54 Å². The molecule has 0 heterocycles. The Kier molecular flexibility index (Phi) is 7.80. The monoisotopic (exact) mass is 356 g/mol. The van der Waals surface area contributed by atoms with Crippen molar-refractivity contribution in [1.29, 1.82) is 0 Å². The number of para-hydroxylation sites is 2. The summed E-state index contributed by atoms with van der Waals surface area (Å²) in [6.45, 7) is 5.70. The van der Waals surface area contributed by atoms with Crippen molar-refractivity contribution in [3.05, 3.63) is 59.7 Å². The van der Waals surface area contributed by atoms with E-state index in [1.807, 2.05) is 42.5 Å². The zero-order chi connectivity index (χ0) is 18.8. The van der Waals surface area contributed by atoms with Crippen molar-refractivity contribution >= 4 is 6.03 Å². The Balaban J connectivity index is 1.67. The summed E-state index contributed by atoms with van der Waals surface area (Å²) in [6, 6.07) is 15.6. The van der Waals surface area contributed by atoms with Crippen molar-refractivity contribution in [2.75, 3.05) is 26.8 Å². The second-order valence-electron chi connectivity index (χ2n) is 6.29. The van der Waals surface area contributed by atoms with E-state index in [1.54, 1.807) is 7.11 Å². The molecular formula is C21H28N2O3. The number of carbonyl (C=O) groups excluding carboxylic acids is 1. The third-order valence-corrected chi connectivity index (χ3v) is 4.06. The van der Waals surface area contributed by atoms with Crippen LogP contribution in [0.2, 0.25) is 0 Å². The number of methoxy groups -OCH3 is 1. The van der Waals surface area contributed by atoms with Gasteiger partial charge in [-0.3, -0.25) is 0 Å². The van der Waals surface area contributed by atoms with Gasteiger partial charge in [0.15, 0.2) is 0 Å². The van der Waals surface area contributed by atoms with Gasteiger partial charge in [-0.1, -0.05) is 50.2 Å². The molecule has 2 aromatic carbocycles. The molecule has 0 radical (unpaired) electrons. The molecule has 0 fully saturated rings. The Labute approximate surface area is 155 Å². The van der Waals surface area contributed by atoms with Crippen molar-refractivity contribution in [1.82, 2.24) is 10.6 Å². The summed E-state index contributed by atoms with van der Waals surface area (Å²) in [6.07, 6.45) is 0.718. The Morgan fingerprint density at radius 1 is 0.962 bits per heavy atom. The van der Waals surface area contributed by atoms with E-state index in [4.69, 9.17) is 9.47 Å². The van der Waals surface area contributed by atoms with E-state index in [0.29, 0.717) is 25.6 Å². The number of carbonyl (C=O) groups is 1. The van der Waals surface area contributed by atoms with Gasteiger partial charge in [-0.05, 0) is 35.6 Å². The average molecular weight is 356 g/mol.